The largest absolute Gasteiger partial charge is 0.372 e. The first kappa shape index (κ1) is 21.3. The van der Waals surface area contributed by atoms with Gasteiger partial charge in [-0.15, -0.1) is 0 Å². The van der Waals surface area contributed by atoms with Crippen LogP contribution in [0, 0.1) is 0 Å². The van der Waals surface area contributed by atoms with E-state index in [0.717, 1.165) is 41.2 Å². The van der Waals surface area contributed by atoms with Gasteiger partial charge in [0.1, 0.15) is 0 Å². The van der Waals surface area contributed by atoms with E-state index in [1.807, 2.05) is 31.2 Å². The molecule has 0 aliphatic rings. The smallest absolute Gasteiger partial charge is 0.0715 e. The lowest BCUT2D eigenvalue weighted by Crippen LogP contribution is -2.21. The highest BCUT2D eigenvalue weighted by molar-refractivity contribution is 5.80. The summed E-state index contributed by atoms with van der Waals surface area (Å²) in [6.45, 7) is 12.3. The summed E-state index contributed by atoms with van der Waals surface area (Å²) < 4.78 is 0. The SMILES string of the molecule is C=C/C=C(\C=C/C)c1cc(-c2ccc(N(CC)CC)cc2)cc(-c2ccccc2)n1. The van der Waals surface area contributed by atoms with Crippen molar-refractivity contribution in [3.63, 3.8) is 0 Å². The van der Waals surface area contributed by atoms with Crippen LogP contribution < -0.4 is 4.90 Å². The second kappa shape index (κ2) is 10.4. The molecule has 2 nitrogen and oxygen atoms in total. The van der Waals surface area contributed by atoms with Crippen molar-refractivity contribution in [3.8, 4) is 22.4 Å². The number of allylic oxidation sites excluding steroid dienone is 5. The number of hydrogen-bond donors (Lipinski definition) is 0. The van der Waals surface area contributed by atoms with Gasteiger partial charge in [-0.25, -0.2) is 4.98 Å². The topological polar surface area (TPSA) is 16.1 Å². The molecule has 0 unspecified atom stereocenters. The van der Waals surface area contributed by atoms with E-state index >= 15 is 0 Å². The molecule has 0 spiro atoms. The first-order chi connectivity index (χ1) is 14.7. The number of aromatic nitrogens is 1. The molecule has 0 N–H and O–H groups in total. The highest BCUT2D eigenvalue weighted by Gasteiger charge is 2.10. The summed E-state index contributed by atoms with van der Waals surface area (Å²) in [6, 6.07) is 23.5. The summed E-state index contributed by atoms with van der Waals surface area (Å²) >= 11 is 0. The summed E-state index contributed by atoms with van der Waals surface area (Å²) in [5.41, 5.74) is 7.66. The van der Waals surface area contributed by atoms with Crippen LogP contribution in [0.3, 0.4) is 0 Å². The normalized spacial score (nSPS) is 11.6. The number of pyridine rings is 1. The Morgan fingerprint density at radius 2 is 1.60 bits per heavy atom. The highest BCUT2D eigenvalue weighted by Crippen LogP contribution is 2.30. The van der Waals surface area contributed by atoms with Crippen LogP contribution in [-0.4, -0.2) is 18.1 Å². The lowest BCUT2D eigenvalue weighted by molar-refractivity contribution is 0.866. The van der Waals surface area contributed by atoms with Gasteiger partial charge in [-0.05, 0) is 61.7 Å². The monoisotopic (exact) mass is 394 g/mol. The minimum Gasteiger partial charge on any atom is -0.372 e. The second-order valence-corrected chi connectivity index (χ2v) is 7.07. The summed E-state index contributed by atoms with van der Waals surface area (Å²) in [5.74, 6) is 0. The number of rotatable bonds is 8. The van der Waals surface area contributed by atoms with Crippen molar-refractivity contribution in [2.24, 2.45) is 0 Å². The molecule has 0 bridgehead atoms. The summed E-state index contributed by atoms with van der Waals surface area (Å²) in [4.78, 5) is 7.32. The molecule has 1 heterocycles. The minimum atomic E-state index is 0.942. The van der Waals surface area contributed by atoms with Crippen molar-refractivity contribution in [2.45, 2.75) is 20.8 Å². The molecule has 152 valence electrons. The molecule has 30 heavy (non-hydrogen) atoms. The molecule has 2 heteroatoms. The summed E-state index contributed by atoms with van der Waals surface area (Å²) in [7, 11) is 0. The van der Waals surface area contributed by atoms with Gasteiger partial charge in [0.05, 0.1) is 11.4 Å². The maximum Gasteiger partial charge on any atom is 0.0715 e. The third kappa shape index (κ3) is 4.96. The molecule has 2 aromatic carbocycles. The van der Waals surface area contributed by atoms with Crippen molar-refractivity contribution < 1.29 is 0 Å². The summed E-state index contributed by atoms with van der Waals surface area (Å²) in [6.07, 6.45) is 7.92. The predicted octanol–water partition coefficient (Wildman–Crippen LogP) is 7.41. The van der Waals surface area contributed by atoms with E-state index in [9.17, 15) is 0 Å². The zero-order valence-electron chi connectivity index (χ0n) is 18.2. The molecule has 0 aliphatic carbocycles. The number of nitrogens with zero attached hydrogens (tertiary/aromatic N) is 2. The van der Waals surface area contributed by atoms with E-state index in [-0.39, 0.29) is 0 Å². The number of anilines is 1. The van der Waals surface area contributed by atoms with Crippen LogP contribution in [0.4, 0.5) is 5.69 Å². The van der Waals surface area contributed by atoms with Gasteiger partial charge in [0.2, 0.25) is 0 Å². The van der Waals surface area contributed by atoms with Gasteiger partial charge >= 0.3 is 0 Å². The van der Waals surface area contributed by atoms with E-state index < -0.39 is 0 Å². The Morgan fingerprint density at radius 1 is 0.900 bits per heavy atom. The maximum absolute atomic E-state index is 4.96. The zero-order chi connectivity index (χ0) is 21.3. The Labute approximate surface area is 180 Å². The maximum atomic E-state index is 4.96. The van der Waals surface area contributed by atoms with Crippen LogP contribution in [0.15, 0.2) is 97.6 Å². The van der Waals surface area contributed by atoms with Crippen molar-refractivity contribution in [2.75, 3.05) is 18.0 Å². The van der Waals surface area contributed by atoms with Gasteiger partial charge in [-0.2, -0.15) is 0 Å². The molecule has 0 aliphatic heterocycles. The van der Waals surface area contributed by atoms with E-state index in [2.05, 4.69) is 92.1 Å². The fourth-order valence-corrected chi connectivity index (χ4v) is 3.59. The Morgan fingerprint density at radius 3 is 2.20 bits per heavy atom. The van der Waals surface area contributed by atoms with E-state index in [1.165, 1.54) is 11.3 Å². The van der Waals surface area contributed by atoms with Gasteiger partial charge < -0.3 is 4.90 Å². The third-order valence-electron chi connectivity index (χ3n) is 5.16. The molecule has 0 saturated carbocycles. The van der Waals surface area contributed by atoms with Crippen LogP contribution in [0.2, 0.25) is 0 Å². The van der Waals surface area contributed by atoms with Crippen molar-refractivity contribution in [3.05, 3.63) is 103 Å². The van der Waals surface area contributed by atoms with Crippen LogP contribution in [0.5, 0.6) is 0 Å². The highest BCUT2D eigenvalue weighted by atomic mass is 15.1. The minimum absolute atomic E-state index is 0.942. The first-order valence-electron chi connectivity index (χ1n) is 10.6. The molecule has 0 fully saturated rings. The lowest BCUT2D eigenvalue weighted by atomic mass is 9.99. The average Bonchev–Trinajstić information content (AvgIpc) is 2.80. The molecule has 0 radical (unpaired) electrons. The van der Waals surface area contributed by atoms with Crippen LogP contribution in [0.1, 0.15) is 26.5 Å². The zero-order valence-corrected chi connectivity index (χ0v) is 18.2. The Balaban J connectivity index is 2.12. The first-order valence-corrected chi connectivity index (χ1v) is 10.6. The van der Waals surface area contributed by atoms with Crippen molar-refractivity contribution in [1.29, 1.82) is 0 Å². The number of hydrogen-bond acceptors (Lipinski definition) is 2. The van der Waals surface area contributed by atoms with E-state index in [0.29, 0.717) is 0 Å². The van der Waals surface area contributed by atoms with Crippen LogP contribution >= 0.6 is 0 Å². The molecule has 3 aromatic rings. The van der Waals surface area contributed by atoms with Gasteiger partial charge in [0, 0.05) is 24.3 Å². The molecular weight excluding hydrogens is 364 g/mol. The van der Waals surface area contributed by atoms with Crippen LogP contribution in [0.25, 0.3) is 28.0 Å². The predicted molar refractivity (Wildman–Crippen MR) is 132 cm³/mol. The van der Waals surface area contributed by atoms with Gasteiger partial charge in [-0.1, -0.05) is 73.3 Å². The Kier molecular flexibility index (Phi) is 7.40. The average molecular weight is 395 g/mol. The quantitative estimate of drug-likeness (QED) is 0.370. The van der Waals surface area contributed by atoms with E-state index in [4.69, 9.17) is 4.98 Å². The second-order valence-electron chi connectivity index (χ2n) is 7.07. The Bertz CT molecular complexity index is 1020. The Hall–Kier alpha value is -3.39. The van der Waals surface area contributed by atoms with E-state index in [1.54, 1.807) is 0 Å². The molecule has 0 atom stereocenters. The molecule has 0 amide bonds. The van der Waals surface area contributed by atoms with Crippen LogP contribution in [-0.2, 0) is 0 Å². The molecule has 0 saturated heterocycles. The van der Waals surface area contributed by atoms with Crippen molar-refractivity contribution in [1.82, 2.24) is 4.98 Å². The molecule has 1 aromatic heterocycles. The fraction of sp³-hybridized carbons (Fsp3) is 0.179. The molecular formula is C28H30N2. The fourth-order valence-electron chi connectivity index (χ4n) is 3.59. The van der Waals surface area contributed by atoms with Gasteiger partial charge in [0.15, 0.2) is 0 Å². The van der Waals surface area contributed by atoms with Gasteiger partial charge in [0.25, 0.3) is 0 Å². The van der Waals surface area contributed by atoms with Crippen molar-refractivity contribution >= 4 is 11.3 Å². The van der Waals surface area contributed by atoms with Gasteiger partial charge in [-0.3, -0.25) is 0 Å². The summed E-state index contributed by atoms with van der Waals surface area (Å²) in [5, 5.41) is 0. The lowest BCUT2D eigenvalue weighted by Gasteiger charge is -2.21. The third-order valence-corrected chi connectivity index (χ3v) is 5.16. The number of benzene rings is 2. The molecule has 3 rings (SSSR count). The standard InChI is InChI=1S/C28H30N2/c1-5-12-23(13-6-2)27-20-25(21-28(29-27)24-14-10-9-11-15-24)22-16-18-26(19-17-22)30(7-3)8-4/h5-6,9-21H,1,7-8H2,2-4H3/b13-6-,23-12+.